The molecule has 0 aromatic rings. The average Bonchev–Trinajstić information content (AvgIpc) is 2.48. The van der Waals surface area contributed by atoms with E-state index in [0.29, 0.717) is 0 Å². The van der Waals surface area contributed by atoms with Crippen molar-refractivity contribution >= 4 is 10.1 Å². The Morgan fingerprint density at radius 2 is 1.00 bits per heavy atom. The van der Waals surface area contributed by atoms with Gasteiger partial charge in [-0.25, -0.2) is 39.5 Å². The molecule has 7 unspecified atom stereocenters. The van der Waals surface area contributed by atoms with Crippen LogP contribution in [0.4, 0.5) is 48.3 Å². The first-order valence-corrected chi connectivity index (χ1v) is 7.17. The third-order valence-electron chi connectivity index (χ3n) is 2.67. The van der Waals surface area contributed by atoms with Crippen LogP contribution in [0.2, 0.25) is 0 Å². The largest absolute Gasteiger partial charge is 0.344 e. The Hall–Kier alpha value is -0.900. The molecule has 4 N–H and O–H groups in total. The van der Waals surface area contributed by atoms with E-state index < -0.39 is 65.0 Å². The smallest absolute Gasteiger partial charge is 0.328 e. The minimum atomic E-state index is -6.30. The molecule has 0 amide bonds. The van der Waals surface area contributed by atoms with Gasteiger partial charge < -0.3 is 6.15 Å². The quantitative estimate of drug-likeness (QED) is 0.440. The van der Waals surface area contributed by atoms with Crippen molar-refractivity contribution < 1.29 is 61.3 Å². The summed E-state index contributed by atoms with van der Waals surface area (Å²) < 4.78 is 168. The highest BCUT2D eigenvalue weighted by atomic mass is 32.2. The predicted octanol–water partition coefficient (Wildman–Crippen LogP) is 3.26. The first-order chi connectivity index (χ1) is 10.6. The van der Waals surface area contributed by atoms with Gasteiger partial charge in [0.05, 0.1) is 0 Å². The highest BCUT2D eigenvalue weighted by molar-refractivity contribution is 7.86. The fourth-order valence-electron chi connectivity index (χ4n) is 1.36. The Balaban J connectivity index is 0. The summed E-state index contributed by atoms with van der Waals surface area (Å²) in [5.41, 5.74) is -4.79. The summed E-state index contributed by atoms with van der Waals surface area (Å²) in [6.45, 7) is 0. The van der Waals surface area contributed by atoms with Crippen molar-refractivity contribution in [1.29, 1.82) is 0 Å². The van der Waals surface area contributed by atoms with Crippen LogP contribution in [0.1, 0.15) is 0 Å². The fourth-order valence-corrected chi connectivity index (χ4v) is 1.89. The van der Waals surface area contributed by atoms with E-state index in [0.717, 1.165) is 0 Å². The number of hydrogen-bond donors (Lipinski definition) is 2. The summed E-state index contributed by atoms with van der Waals surface area (Å²) in [4.78, 5) is 0. The third kappa shape index (κ3) is 6.09. The second kappa shape index (κ2) is 9.16. The summed E-state index contributed by atoms with van der Waals surface area (Å²) in [6.07, 6.45) is -30.1. The lowest BCUT2D eigenvalue weighted by atomic mass is 9.99. The van der Waals surface area contributed by atoms with Gasteiger partial charge in [-0.3, -0.25) is 4.55 Å². The van der Waals surface area contributed by atoms with E-state index in [1.807, 2.05) is 0 Å². The Morgan fingerprint density at radius 1 is 0.680 bits per heavy atom. The predicted molar refractivity (Wildman–Crippen MR) is 61.8 cm³/mol. The van der Waals surface area contributed by atoms with Gasteiger partial charge in [-0.1, -0.05) is 0 Å². The summed E-state index contributed by atoms with van der Waals surface area (Å²) in [5.74, 6) is -5.96. The molecule has 0 saturated carbocycles. The zero-order valence-corrected chi connectivity index (χ0v) is 12.5. The maximum atomic E-state index is 13.1. The molecule has 0 heterocycles. The van der Waals surface area contributed by atoms with Gasteiger partial charge in [0.15, 0.2) is 30.9 Å². The number of halogens is 11. The maximum Gasteiger partial charge on any atom is 0.328 e. The summed E-state index contributed by atoms with van der Waals surface area (Å²) >= 11 is 0. The van der Waals surface area contributed by atoms with Crippen LogP contribution in [0, 0.1) is 0 Å². The molecule has 0 aliphatic rings. The van der Waals surface area contributed by atoms with Gasteiger partial charge in [-0.15, -0.1) is 0 Å². The summed E-state index contributed by atoms with van der Waals surface area (Å²) in [7, 11) is -6.30. The Bertz CT molecular complexity index is 507. The second-order valence-electron chi connectivity index (χ2n) is 4.46. The molecule has 25 heavy (non-hydrogen) atoms. The standard InChI is InChI=1S/C9H9F11O3S.H3N/c10-1(3(12)5(14)7(16)17)2(11)4(13)6(15)9(19,20)8(18)24(21,22)23;/h1-8H,(H,21,22,23);1H3. The first-order valence-electron chi connectivity index (χ1n) is 5.67. The van der Waals surface area contributed by atoms with E-state index in [2.05, 4.69) is 0 Å². The van der Waals surface area contributed by atoms with Crippen LogP contribution in [0.5, 0.6) is 0 Å². The van der Waals surface area contributed by atoms with E-state index in [-0.39, 0.29) is 6.15 Å². The van der Waals surface area contributed by atoms with E-state index in [1.165, 1.54) is 0 Å². The molecule has 7 atom stereocenters. The molecule has 16 heteroatoms. The van der Waals surface area contributed by atoms with Crippen molar-refractivity contribution in [2.24, 2.45) is 0 Å². The van der Waals surface area contributed by atoms with Crippen molar-refractivity contribution in [1.82, 2.24) is 6.15 Å². The van der Waals surface area contributed by atoms with Gasteiger partial charge in [0.25, 0.3) is 11.9 Å². The van der Waals surface area contributed by atoms with Crippen molar-refractivity contribution in [2.45, 2.75) is 54.9 Å². The Labute approximate surface area is 133 Å². The first kappa shape index (κ1) is 26.3. The molecule has 0 bridgehead atoms. The monoisotopic (exact) mass is 423 g/mol. The number of hydrogen-bond acceptors (Lipinski definition) is 3. The summed E-state index contributed by atoms with van der Waals surface area (Å²) in [6, 6.07) is 0. The lowest BCUT2D eigenvalue weighted by Gasteiger charge is -2.28. The van der Waals surface area contributed by atoms with Crippen LogP contribution in [0.3, 0.4) is 0 Å². The number of alkyl halides is 11. The van der Waals surface area contributed by atoms with E-state index in [1.54, 1.807) is 0 Å². The van der Waals surface area contributed by atoms with Crippen molar-refractivity contribution in [3.63, 3.8) is 0 Å². The van der Waals surface area contributed by atoms with E-state index in [9.17, 15) is 56.7 Å². The molecule has 0 aliphatic heterocycles. The van der Waals surface area contributed by atoms with Crippen molar-refractivity contribution in [2.75, 3.05) is 0 Å². The topological polar surface area (TPSA) is 89.4 Å². The molecular formula is C9H12F11NO3S. The molecule has 154 valence electrons. The minimum Gasteiger partial charge on any atom is -0.344 e. The van der Waals surface area contributed by atoms with Gasteiger partial charge in [0.1, 0.15) is 0 Å². The van der Waals surface area contributed by atoms with Crippen molar-refractivity contribution in [3.8, 4) is 0 Å². The van der Waals surface area contributed by atoms with Crippen LogP contribution in [0.25, 0.3) is 0 Å². The lowest BCUT2D eigenvalue weighted by Crippen LogP contribution is -2.53. The molecule has 4 nitrogen and oxygen atoms in total. The van der Waals surface area contributed by atoms with Crippen LogP contribution in [-0.4, -0.2) is 67.9 Å². The SMILES string of the molecule is N.O=S(=O)(O)C(F)C(F)(F)C(F)C(F)C(F)C(F)C(F)C(F)C(F)F. The van der Waals surface area contributed by atoms with E-state index in [4.69, 9.17) is 4.55 Å². The molecule has 0 aromatic carbocycles. The zero-order valence-electron chi connectivity index (χ0n) is 11.7. The van der Waals surface area contributed by atoms with Gasteiger partial charge in [0.2, 0.25) is 6.17 Å². The molecule has 0 saturated heterocycles. The molecule has 0 rings (SSSR count). The average molecular weight is 423 g/mol. The maximum absolute atomic E-state index is 13.1. The zero-order chi connectivity index (χ0) is 19.6. The third-order valence-corrected chi connectivity index (χ3v) is 3.51. The number of rotatable bonds is 9. The van der Waals surface area contributed by atoms with Crippen LogP contribution < -0.4 is 6.15 Å². The van der Waals surface area contributed by atoms with Gasteiger partial charge >= 0.3 is 16.0 Å². The van der Waals surface area contributed by atoms with Gasteiger partial charge in [0, 0.05) is 0 Å². The highest BCUT2D eigenvalue weighted by Gasteiger charge is 2.60. The van der Waals surface area contributed by atoms with Crippen LogP contribution >= 0.6 is 0 Å². The molecule has 0 radical (unpaired) electrons. The molecule has 0 aliphatic carbocycles. The Kier molecular flexibility index (Phi) is 9.64. The normalized spacial score (nSPS) is 21.6. The van der Waals surface area contributed by atoms with Crippen LogP contribution in [-0.2, 0) is 10.1 Å². The molecule has 0 aromatic heterocycles. The highest BCUT2D eigenvalue weighted by Crippen LogP contribution is 2.36. The van der Waals surface area contributed by atoms with Crippen LogP contribution in [0.15, 0.2) is 0 Å². The lowest BCUT2D eigenvalue weighted by molar-refractivity contribution is -0.145. The minimum absolute atomic E-state index is 0. The second-order valence-corrected chi connectivity index (χ2v) is 5.91. The van der Waals surface area contributed by atoms with Gasteiger partial charge in [-0.2, -0.15) is 17.2 Å². The molecular weight excluding hydrogens is 411 g/mol. The van der Waals surface area contributed by atoms with E-state index >= 15 is 0 Å². The summed E-state index contributed by atoms with van der Waals surface area (Å²) in [5, 5.41) is 0. The van der Waals surface area contributed by atoms with Crippen molar-refractivity contribution in [3.05, 3.63) is 0 Å². The fraction of sp³-hybridized carbons (Fsp3) is 1.00. The van der Waals surface area contributed by atoms with Gasteiger partial charge in [-0.05, 0) is 0 Å². The molecule has 0 fully saturated rings. The Morgan fingerprint density at radius 3 is 1.32 bits per heavy atom. The molecule has 0 spiro atoms.